The van der Waals surface area contributed by atoms with E-state index in [1.807, 2.05) is 0 Å². The molecule has 17 heteroatoms. The van der Waals surface area contributed by atoms with Crippen LogP contribution in [0.5, 0.6) is 0 Å². The zero-order valence-electron chi connectivity index (χ0n) is 19.2. The predicted molar refractivity (Wildman–Crippen MR) is 111 cm³/mol. The third kappa shape index (κ3) is 4.21. The van der Waals surface area contributed by atoms with E-state index in [4.69, 9.17) is 0 Å². The molecule has 0 heterocycles. The van der Waals surface area contributed by atoms with Crippen molar-refractivity contribution in [2.75, 3.05) is 0 Å². The normalized spacial score (nSPS) is 11.9. The highest BCUT2D eigenvalue weighted by molar-refractivity contribution is 7.05. The fraction of sp³-hybridized carbons (Fsp3) is 0. The summed E-state index contributed by atoms with van der Waals surface area (Å²) in [4.78, 5) is 0. The molecule has 0 fully saturated rings. The lowest BCUT2D eigenvalue weighted by Crippen LogP contribution is -3.09. The smallest absolute Gasteiger partial charge is 0.310 e. The Bertz CT molecular complexity index is 1470. The van der Waals surface area contributed by atoms with E-state index in [2.05, 4.69) is 0 Å². The van der Waals surface area contributed by atoms with E-state index in [1.165, 1.54) is 6.07 Å². The molecule has 4 aromatic rings. The number of rotatable bonds is 5. The third-order valence-corrected chi connectivity index (χ3v) is 6.34. The molecule has 4 rings (SSSR count). The van der Waals surface area contributed by atoms with Gasteiger partial charge >= 0.3 is 6.28 Å². The summed E-state index contributed by atoms with van der Waals surface area (Å²) >= 11 is 0. The van der Waals surface area contributed by atoms with Crippen LogP contribution in [-0.4, -0.2) is 6.28 Å². The quantitative estimate of drug-likeness (QED) is 0.112. The molecule has 0 aliphatic rings. The fourth-order valence-corrected chi connectivity index (χ4v) is 4.60. The van der Waals surface area contributed by atoms with Crippen molar-refractivity contribution in [2.24, 2.45) is 0 Å². The van der Waals surface area contributed by atoms with Gasteiger partial charge in [0.05, 0.1) is 5.69 Å². The minimum absolute atomic E-state index is 0.130. The third-order valence-electron chi connectivity index (χ3n) is 6.34. The predicted octanol–water partition coefficient (Wildman–Crippen LogP) is 4.64. The highest BCUT2D eigenvalue weighted by Gasteiger charge is 2.53. The van der Waals surface area contributed by atoms with Crippen molar-refractivity contribution in [1.29, 1.82) is 0 Å². The molecular formula is C24H7BF15N. The monoisotopic (exact) mass is 605 g/mol. The second-order valence-corrected chi connectivity index (χ2v) is 8.46. The summed E-state index contributed by atoms with van der Waals surface area (Å²) < 4.78 is 220. The Morgan fingerprint density at radius 2 is 0.537 bits per heavy atom. The van der Waals surface area contributed by atoms with Gasteiger partial charge < -0.3 is 5.23 Å². The van der Waals surface area contributed by atoms with Gasteiger partial charge in [-0.3, -0.25) is 0 Å². The molecule has 0 radical (unpaired) electrons. The molecular weight excluding hydrogens is 598 g/mol. The number of hydrogen-bond donors (Lipinski definition) is 1. The number of halogens is 15. The number of nitrogens with two attached hydrogens (primary N) is 1. The molecule has 41 heavy (non-hydrogen) atoms. The molecule has 0 saturated heterocycles. The Balaban J connectivity index is 2.47. The molecule has 0 aliphatic carbocycles. The maximum atomic E-state index is 15.3. The van der Waals surface area contributed by atoms with Crippen LogP contribution in [0.15, 0.2) is 30.3 Å². The summed E-state index contributed by atoms with van der Waals surface area (Å²) in [6.45, 7) is 0. The summed E-state index contributed by atoms with van der Waals surface area (Å²) in [5, 5.41) is -0.130. The van der Waals surface area contributed by atoms with Gasteiger partial charge in [0.15, 0.2) is 52.4 Å². The zero-order valence-corrected chi connectivity index (χ0v) is 19.2. The van der Waals surface area contributed by atoms with E-state index in [0.717, 1.165) is 24.3 Å². The van der Waals surface area contributed by atoms with E-state index >= 15 is 26.3 Å². The highest BCUT2D eigenvalue weighted by atomic mass is 19.2. The lowest BCUT2D eigenvalue weighted by atomic mass is 9.23. The number of benzene rings is 4. The topological polar surface area (TPSA) is 16.6 Å². The van der Waals surface area contributed by atoms with E-state index in [9.17, 15) is 39.5 Å². The van der Waals surface area contributed by atoms with Gasteiger partial charge in [-0.15, -0.1) is 0 Å². The molecule has 0 saturated carbocycles. The Morgan fingerprint density at radius 3 is 0.780 bits per heavy atom. The maximum absolute atomic E-state index is 15.3. The van der Waals surface area contributed by atoms with Gasteiger partial charge in [-0.05, 0) is 12.1 Å². The van der Waals surface area contributed by atoms with Crippen molar-refractivity contribution in [3.05, 3.63) is 118 Å². The Kier molecular flexibility index (Phi) is 7.53. The van der Waals surface area contributed by atoms with E-state index in [1.54, 1.807) is 0 Å². The summed E-state index contributed by atoms with van der Waals surface area (Å²) in [6.07, 6.45) is -5.72. The van der Waals surface area contributed by atoms with Crippen LogP contribution < -0.4 is 21.6 Å². The molecule has 4 aromatic carbocycles. The number of quaternary nitrogens is 1. The van der Waals surface area contributed by atoms with Crippen LogP contribution in [0.1, 0.15) is 0 Å². The van der Waals surface area contributed by atoms with Gasteiger partial charge in [-0.1, -0.05) is 34.6 Å². The Morgan fingerprint density at radius 1 is 0.317 bits per heavy atom. The van der Waals surface area contributed by atoms with Crippen LogP contribution in [0.3, 0.4) is 0 Å². The average molecular weight is 605 g/mol. The van der Waals surface area contributed by atoms with Crippen molar-refractivity contribution < 1.29 is 71.1 Å². The van der Waals surface area contributed by atoms with E-state index in [-0.39, 0.29) is 5.23 Å². The summed E-state index contributed by atoms with van der Waals surface area (Å²) in [7, 11) is 0. The molecule has 0 aromatic heterocycles. The van der Waals surface area contributed by atoms with Crippen LogP contribution in [0.25, 0.3) is 0 Å². The molecule has 0 amide bonds. The van der Waals surface area contributed by atoms with Gasteiger partial charge in [0.25, 0.3) is 0 Å². The summed E-state index contributed by atoms with van der Waals surface area (Å²) in [6, 6.07) is 4.74. The van der Waals surface area contributed by atoms with E-state index in [0.29, 0.717) is 0 Å². The largest absolute Gasteiger partial charge is 0.491 e. The van der Waals surface area contributed by atoms with Crippen LogP contribution in [0, 0.1) is 87.3 Å². The van der Waals surface area contributed by atoms with Crippen molar-refractivity contribution in [1.82, 2.24) is 0 Å². The van der Waals surface area contributed by atoms with E-state index < -0.39 is 116 Å². The van der Waals surface area contributed by atoms with Crippen molar-refractivity contribution in [3.63, 3.8) is 0 Å². The number of hydrogen-bond acceptors (Lipinski definition) is 0. The Hall–Kier alpha value is -4.15. The fourth-order valence-electron chi connectivity index (χ4n) is 4.60. The first-order chi connectivity index (χ1) is 19.1. The maximum Gasteiger partial charge on any atom is 0.310 e. The first-order valence-corrected chi connectivity index (χ1v) is 10.7. The van der Waals surface area contributed by atoms with Crippen molar-refractivity contribution in [2.45, 2.75) is 0 Å². The van der Waals surface area contributed by atoms with Gasteiger partial charge in [0, 0.05) is 0 Å². The zero-order chi connectivity index (χ0) is 30.7. The van der Waals surface area contributed by atoms with Crippen LogP contribution in [0.2, 0.25) is 0 Å². The molecule has 0 atom stereocenters. The second kappa shape index (κ2) is 10.4. The second-order valence-electron chi connectivity index (χ2n) is 8.46. The van der Waals surface area contributed by atoms with Gasteiger partial charge in [0.1, 0.15) is 34.9 Å². The molecule has 0 aliphatic heterocycles. The lowest BCUT2D eigenvalue weighted by Gasteiger charge is -2.39. The minimum atomic E-state index is -5.72. The van der Waals surface area contributed by atoms with Gasteiger partial charge in [0.2, 0.25) is 0 Å². The summed E-state index contributed by atoms with van der Waals surface area (Å²) in [5.41, 5.74) is -8.78. The first kappa shape index (κ1) is 29.8. The minimum Gasteiger partial charge on any atom is -0.491 e. The van der Waals surface area contributed by atoms with Gasteiger partial charge in [-0.2, -0.15) is 0 Å². The van der Waals surface area contributed by atoms with Gasteiger partial charge in [-0.25, -0.2) is 65.9 Å². The van der Waals surface area contributed by atoms with Crippen LogP contribution in [0.4, 0.5) is 71.5 Å². The highest BCUT2D eigenvalue weighted by Crippen LogP contribution is 2.26. The van der Waals surface area contributed by atoms with Crippen LogP contribution >= 0.6 is 0 Å². The average Bonchev–Trinajstić information content (AvgIpc) is 2.95. The molecule has 2 N–H and O–H groups in total. The SMILES string of the molecule is Fc1c(F)c(F)c([B-]([NH2+]c2ccccc2)(c2c(F)c(F)c(F)c(F)c2F)c2c(F)c(F)c(F)c(F)c2F)c(F)c1F. The molecule has 0 spiro atoms. The standard InChI is InChI=1S/C24H7BF15N/c26-10-7(11(27)17(33)22(38)16(10)32)25(41-6-4-2-1-3-5-6,8-12(28)18(34)23(39)19(35)13(8)29)9-14(30)20(36)24(40)21(37)15(9)31/h1-5H,41H2. The molecule has 0 unspecified atom stereocenters. The molecule has 0 bridgehead atoms. The molecule has 216 valence electrons. The Labute approximate surface area is 217 Å². The van der Waals surface area contributed by atoms with Crippen molar-refractivity contribution in [3.8, 4) is 0 Å². The van der Waals surface area contributed by atoms with Crippen LogP contribution in [-0.2, 0) is 0 Å². The molecule has 1 nitrogen and oxygen atoms in total. The first-order valence-electron chi connectivity index (χ1n) is 10.7. The van der Waals surface area contributed by atoms with Crippen molar-refractivity contribution >= 4 is 28.4 Å². The lowest BCUT2D eigenvalue weighted by molar-refractivity contribution is -0.426. The summed E-state index contributed by atoms with van der Waals surface area (Å²) in [5.74, 6) is -45.5.